The summed E-state index contributed by atoms with van der Waals surface area (Å²) in [5, 5.41) is 51.2. The number of amides is 4. The number of nitro benzene ring substituents is 2. The van der Waals surface area contributed by atoms with Crippen LogP contribution < -0.4 is 21.3 Å². The van der Waals surface area contributed by atoms with Gasteiger partial charge in [0.1, 0.15) is 0 Å². The third-order valence-corrected chi connectivity index (χ3v) is 8.61. The summed E-state index contributed by atoms with van der Waals surface area (Å²) in [5.41, 5.74) is 4.44. The maximum atomic E-state index is 13.1. The number of benzene rings is 6. The van der Waals surface area contributed by atoms with Crippen molar-refractivity contribution in [2.75, 3.05) is 21.3 Å². The fourth-order valence-electron chi connectivity index (χ4n) is 5.54. The summed E-state index contributed by atoms with van der Waals surface area (Å²) in [6.45, 7) is 0. The molecule has 0 aliphatic carbocycles. The Morgan fingerprint density at radius 3 is 1.12 bits per heavy atom. The van der Waals surface area contributed by atoms with Gasteiger partial charge in [-0.2, -0.15) is 20.5 Å². The number of non-ortho nitro benzene ring substituents is 2. The van der Waals surface area contributed by atoms with Crippen LogP contribution >= 0.6 is 23.2 Å². The fourth-order valence-corrected chi connectivity index (χ4v) is 5.97. The average Bonchev–Trinajstić information content (AvgIpc) is 3.56. The summed E-state index contributed by atoms with van der Waals surface area (Å²) in [7, 11) is 0. The molecule has 17 nitrogen and oxygen atoms in total. The normalized spacial score (nSPS) is 11.3. The summed E-state index contributed by atoms with van der Waals surface area (Å²) >= 11 is 13.0. The topological polar surface area (TPSA) is 234 Å². The van der Waals surface area contributed by atoms with Crippen molar-refractivity contribution in [3.63, 3.8) is 0 Å². The van der Waals surface area contributed by atoms with Gasteiger partial charge in [0.15, 0.2) is 0 Å². The van der Waals surface area contributed by atoms with Crippen molar-refractivity contribution in [2.24, 2.45) is 20.5 Å². The van der Waals surface area contributed by atoms with Crippen molar-refractivity contribution in [1.29, 1.82) is 0 Å². The zero-order chi connectivity index (χ0) is 40.1. The van der Waals surface area contributed by atoms with E-state index in [2.05, 4.69) is 46.7 Å². The van der Waals surface area contributed by atoms with Crippen molar-refractivity contribution < 1.29 is 19.4 Å². The van der Waals surface area contributed by atoms with E-state index in [1.54, 1.807) is 72.8 Å². The predicted molar refractivity (Wildman–Crippen MR) is 219 cm³/mol. The summed E-state index contributed by atoms with van der Waals surface area (Å²) < 4.78 is 0. The minimum atomic E-state index is -0.563. The second kappa shape index (κ2) is 16.3. The molecule has 0 atom stereocenters. The predicted octanol–water partition coefficient (Wildman–Crippen LogP) is 12.6. The number of urea groups is 2. The monoisotopic (exact) mass is 801 g/mol. The van der Waals surface area contributed by atoms with E-state index in [-0.39, 0.29) is 11.4 Å². The van der Waals surface area contributed by atoms with E-state index in [9.17, 15) is 29.8 Å². The van der Waals surface area contributed by atoms with Crippen molar-refractivity contribution in [3.05, 3.63) is 152 Å². The van der Waals surface area contributed by atoms with Crippen LogP contribution in [0.3, 0.4) is 0 Å². The summed E-state index contributed by atoms with van der Waals surface area (Å²) in [6.07, 6.45) is 0. The van der Waals surface area contributed by atoms with E-state index in [1.807, 2.05) is 0 Å². The van der Waals surface area contributed by atoms with Crippen molar-refractivity contribution >= 4 is 114 Å². The molecule has 0 aliphatic rings. The smallest absolute Gasteiger partial charge is 0.323 e. The van der Waals surface area contributed by atoms with Crippen molar-refractivity contribution in [2.45, 2.75) is 0 Å². The number of nitro groups is 2. The van der Waals surface area contributed by atoms with Crippen LogP contribution in [0.2, 0.25) is 10.0 Å². The van der Waals surface area contributed by atoms with Crippen LogP contribution in [-0.4, -0.2) is 26.9 Å². The number of carbonyl (C=O) groups excluding carboxylic acids is 2. The second-order valence-electron chi connectivity index (χ2n) is 12.1. The highest BCUT2D eigenvalue weighted by molar-refractivity contribution is 6.35. The van der Waals surface area contributed by atoms with Gasteiger partial charge in [0.2, 0.25) is 0 Å². The molecule has 19 heteroatoms. The molecule has 57 heavy (non-hydrogen) atoms. The Morgan fingerprint density at radius 2 is 0.807 bits per heavy atom. The molecule has 5 N–H and O–H groups in total. The molecule has 7 rings (SSSR count). The Hall–Kier alpha value is -7.76. The first-order chi connectivity index (χ1) is 27.5. The fraction of sp³-hybridized carbons (Fsp3) is 0. The highest BCUT2D eigenvalue weighted by Crippen LogP contribution is 2.38. The van der Waals surface area contributed by atoms with E-state index in [0.29, 0.717) is 77.4 Å². The van der Waals surface area contributed by atoms with Gasteiger partial charge in [-0.1, -0.05) is 23.2 Å². The molecule has 0 unspecified atom stereocenters. The lowest BCUT2D eigenvalue weighted by molar-refractivity contribution is -0.385. The average molecular weight is 803 g/mol. The van der Waals surface area contributed by atoms with Crippen LogP contribution in [0.4, 0.5) is 66.5 Å². The van der Waals surface area contributed by atoms with Gasteiger partial charge in [-0.25, -0.2) is 9.59 Å². The summed E-state index contributed by atoms with van der Waals surface area (Å²) in [4.78, 5) is 50.2. The van der Waals surface area contributed by atoms with E-state index in [0.717, 1.165) is 0 Å². The maximum Gasteiger partial charge on any atom is 0.323 e. The first kappa shape index (κ1) is 37.6. The van der Waals surface area contributed by atoms with Gasteiger partial charge >= 0.3 is 12.1 Å². The molecule has 0 saturated heterocycles. The molecular weight excluding hydrogens is 777 g/mol. The van der Waals surface area contributed by atoms with Crippen LogP contribution in [-0.2, 0) is 0 Å². The summed E-state index contributed by atoms with van der Waals surface area (Å²) in [6, 6.07) is 29.8. The molecule has 6 aromatic carbocycles. The minimum Gasteiger partial charge on any atom is -0.351 e. The van der Waals surface area contributed by atoms with Crippen LogP contribution in [0.5, 0.6) is 0 Å². The Bertz CT molecular complexity index is 2550. The molecule has 0 fully saturated rings. The lowest BCUT2D eigenvalue weighted by Gasteiger charge is -2.09. The zero-order valence-electron chi connectivity index (χ0n) is 28.9. The molecule has 0 saturated carbocycles. The third kappa shape index (κ3) is 9.14. The Balaban J connectivity index is 1.02. The van der Waals surface area contributed by atoms with Gasteiger partial charge in [-0.15, -0.1) is 0 Å². The molecule has 1 aromatic heterocycles. The molecule has 1 heterocycles. The van der Waals surface area contributed by atoms with Crippen molar-refractivity contribution in [1.82, 2.24) is 4.98 Å². The Kier molecular flexibility index (Phi) is 10.7. The third-order valence-electron chi connectivity index (χ3n) is 8.18. The van der Waals surface area contributed by atoms with Gasteiger partial charge in [0, 0.05) is 56.5 Å². The summed E-state index contributed by atoms with van der Waals surface area (Å²) in [5.74, 6) is 0. The number of azo groups is 2. The van der Waals surface area contributed by atoms with Crippen LogP contribution in [0.25, 0.3) is 21.8 Å². The zero-order valence-corrected chi connectivity index (χ0v) is 30.4. The number of rotatable bonds is 10. The molecule has 0 spiro atoms. The van der Waals surface area contributed by atoms with Gasteiger partial charge in [-0.05, 0) is 97.1 Å². The number of aromatic nitrogens is 1. The quantitative estimate of drug-likeness (QED) is 0.0512. The standard InChI is InChI=1S/C38H25Cl2N11O6/c39-21-17-31-32-18-22(40)20-34(44-38(53)42-24-3-7-26(8-4-24)47-49-28-11-15-30(16-12-28)51(56)57)36(32)45-35(31)33(19-21)43-37(52)41-23-1-5-25(6-2-23)46-48-27-9-13-29(14-10-27)50(54)55/h1-20,45H,(H2,41,43,52)(H2,42,44,53). The SMILES string of the molecule is O=C(Nc1ccc(N=Nc2ccc([N+](=O)[O-])cc2)cc1)Nc1cc(Cl)cc2c1[nH]c1c(NC(=O)Nc3ccc(N=Nc4ccc([N+](=O)[O-])cc4)cc3)cc(Cl)cc12. The number of nitrogens with zero attached hydrogens (tertiary/aromatic N) is 6. The Labute approximate surface area is 330 Å². The number of hydrogen-bond donors (Lipinski definition) is 5. The van der Waals surface area contributed by atoms with Crippen LogP contribution in [0.15, 0.2) is 142 Å². The number of fused-ring (bicyclic) bond motifs is 3. The largest absolute Gasteiger partial charge is 0.351 e. The first-order valence-corrected chi connectivity index (χ1v) is 17.4. The number of carbonyl (C=O) groups is 2. The number of anilines is 4. The highest BCUT2D eigenvalue weighted by Gasteiger charge is 2.17. The van der Waals surface area contributed by atoms with E-state index in [1.165, 1.54) is 48.5 Å². The molecule has 0 radical (unpaired) electrons. The van der Waals surface area contributed by atoms with E-state index >= 15 is 0 Å². The van der Waals surface area contributed by atoms with Gasteiger partial charge in [0.25, 0.3) is 11.4 Å². The molecular formula is C38H25Cl2N11O6. The molecule has 0 aliphatic heterocycles. The number of nitrogens with one attached hydrogen (secondary N) is 5. The van der Waals surface area contributed by atoms with Crippen molar-refractivity contribution in [3.8, 4) is 0 Å². The molecule has 282 valence electrons. The number of aromatic amines is 1. The van der Waals surface area contributed by atoms with Gasteiger partial charge in [-0.3, -0.25) is 20.2 Å². The number of H-pyrrole nitrogens is 1. The van der Waals surface area contributed by atoms with Gasteiger partial charge in [0.05, 0.1) is 55.0 Å². The number of halogens is 2. The Morgan fingerprint density at radius 1 is 0.491 bits per heavy atom. The van der Waals surface area contributed by atoms with E-state index < -0.39 is 21.9 Å². The van der Waals surface area contributed by atoms with Crippen LogP contribution in [0.1, 0.15) is 0 Å². The molecule has 0 bridgehead atoms. The first-order valence-electron chi connectivity index (χ1n) is 16.6. The maximum absolute atomic E-state index is 13.1. The highest BCUT2D eigenvalue weighted by atomic mass is 35.5. The van der Waals surface area contributed by atoms with Crippen LogP contribution in [0, 0.1) is 20.2 Å². The number of hydrogen-bond acceptors (Lipinski definition) is 10. The lowest BCUT2D eigenvalue weighted by atomic mass is 10.1. The van der Waals surface area contributed by atoms with Gasteiger partial charge < -0.3 is 26.3 Å². The molecule has 4 amide bonds. The lowest BCUT2D eigenvalue weighted by Crippen LogP contribution is -2.19. The minimum absolute atomic E-state index is 0.0516. The molecule has 7 aromatic rings. The second-order valence-corrected chi connectivity index (χ2v) is 12.9. The van der Waals surface area contributed by atoms with E-state index in [4.69, 9.17) is 23.2 Å².